The van der Waals surface area contributed by atoms with Crippen LogP contribution in [0.4, 0.5) is 4.79 Å². The SMILES string of the molecule is C#CN(C(=O)C(C)NC(=O)OC(C)(C)C)C(C(=O)NCCCC)c1ccc(CC)cc1. The summed E-state index contributed by atoms with van der Waals surface area (Å²) in [6.45, 7) is 11.2. The van der Waals surface area contributed by atoms with Gasteiger partial charge in [0.1, 0.15) is 17.7 Å². The highest BCUT2D eigenvalue weighted by Crippen LogP contribution is 2.23. The van der Waals surface area contributed by atoms with Gasteiger partial charge in [0.25, 0.3) is 5.91 Å². The lowest BCUT2D eigenvalue weighted by molar-refractivity contribution is -0.138. The first kappa shape index (κ1) is 26.0. The van der Waals surface area contributed by atoms with Crippen molar-refractivity contribution in [3.05, 3.63) is 35.4 Å². The van der Waals surface area contributed by atoms with Gasteiger partial charge in [0.05, 0.1) is 0 Å². The summed E-state index contributed by atoms with van der Waals surface area (Å²) in [4.78, 5) is 39.2. The van der Waals surface area contributed by atoms with E-state index in [9.17, 15) is 14.4 Å². The van der Waals surface area contributed by atoms with E-state index in [1.54, 1.807) is 32.9 Å². The van der Waals surface area contributed by atoms with Crippen LogP contribution in [-0.2, 0) is 20.7 Å². The number of nitrogens with one attached hydrogen (secondary N) is 2. The van der Waals surface area contributed by atoms with Crippen LogP contribution >= 0.6 is 0 Å². The number of aryl methyl sites for hydroxylation is 1. The van der Waals surface area contributed by atoms with Crippen molar-refractivity contribution in [1.82, 2.24) is 15.5 Å². The zero-order chi connectivity index (χ0) is 23.6. The van der Waals surface area contributed by atoms with Crippen molar-refractivity contribution in [3.63, 3.8) is 0 Å². The van der Waals surface area contributed by atoms with E-state index in [-0.39, 0.29) is 5.91 Å². The molecule has 0 aliphatic carbocycles. The van der Waals surface area contributed by atoms with Gasteiger partial charge in [-0.2, -0.15) is 0 Å². The lowest BCUT2D eigenvalue weighted by Gasteiger charge is -2.29. The first-order valence-electron chi connectivity index (χ1n) is 10.7. The van der Waals surface area contributed by atoms with E-state index in [2.05, 4.69) is 16.7 Å². The molecule has 0 bridgehead atoms. The molecule has 2 N–H and O–H groups in total. The Hall–Kier alpha value is -3.01. The van der Waals surface area contributed by atoms with E-state index < -0.39 is 29.7 Å². The number of carbonyl (C=O) groups is 3. The topological polar surface area (TPSA) is 87.7 Å². The van der Waals surface area contributed by atoms with Crippen molar-refractivity contribution in [1.29, 1.82) is 0 Å². The molecule has 0 radical (unpaired) electrons. The molecule has 0 fully saturated rings. The quantitative estimate of drug-likeness (QED) is 0.357. The van der Waals surface area contributed by atoms with Gasteiger partial charge >= 0.3 is 6.09 Å². The number of ether oxygens (including phenoxy) is 1. The molecule has 170 valence electrons. The molecular weight excluding hydrogens is 394 g/mol. The molecule has 0 aliphatic rings. The number of hydrogen-bond acceptors (Lipinski definition) is 4. The van der Waals surface area contributed by atoms with E-state index >= 15 is 0 Å². The summed E-state index contributed by atoms with van der Waals surface area (Å²) in [7, 11) is 0. The number of nitrogens with zero attached hydrogens (tertiary/aromatic N) is 1. The number of alkyl carbamates (subject to hydrolysis) is 1. The van der Waals surface area contributed by atoms with Crippen molar-refractivity contribution in [2.24, 2.45) is 0 Å². The number of benzene rings is 1. The van der Waals surface area contributed by atoms with Gasteiger partial charge in [0.2, 0.25) is 5.91 Å². The van der Waals surface area contributed by atoms with Gasteiger partial charge in [0, 0.05) is 12.6 Å². The van der Waals surface area contributed by atoms with Crippen molar-refractivity contribution in [2.45, 2.75) is 78.5 Å². The zero-order valence-electron chi connectivity index (χ0n) is 19.5. The molecule has 7 nitrogen and oxygen atoms in total. The van der Waals surface area contributed by atoms with Gasteiger partial charge in [-0.1, -0.05) is 51.0 Å². The third-order valence-electron chi connectivity index (χ3n) is 4.52. The second-order valence-corrected chi connectivity index (χ2v) is 8.35. The van der Waals surface area contributed by atoms with Gasteiger partial charge in [-0.25, -0.2) is 4.79 Å². The number of terminal acetylenes is 1. The van der Waals surface area contributed by atoms with E-state index in [0.717, 1.165) is 29.7 Å². The Morgan fingerprint density at radius 1 is 1.16 bits per heavy atom. The van der Waals surface area contributed by atoms with E-state index in [4.69, 9.17) is 11.2 Å². The van der Waals surface area contributed by atoms with Crippen LogP contribution in [0.2, 0.25) is 0 Å². The standard InChI is InChI=1S/C24H35N3O4/c1-8-11-16-25-21(28)20(19-14-12-18(9-2)13-15-19)27(10-3)22(29)17(4)26-23(30)31-24(5,6)7/h3,12-15,17,20H,8-9,11,16H2,1-2,4-7H3,(H,25,28)(H,26,30). The molecule has 0 saturated heterocycles. The summed E-state index contributed by atoms with van der Waals surface area (Å²) in [5.41, 5.74) is 0.996. The van der Waals surface area contributed by atoms with Gasteiger partial charge in [-0.3, -0.25) is 14.5 Å². The number of carbonyl (C=O) groups excluding carboxylic acids is 3. The minimum atomic E-state index is -1.01. The zero-order valence-corrected chi connectivity index (χ0v) is 19.5. The first-order chi connectivity index (χ1) is 14.5. The fraction of sp³-hybridized carbons (Fsp3) is 0.542. The minimum absolute atomic E-state index is 0.367. The van der Waals surface area contributed by atoms with Crippen LogP contribution in [0.3, 0.4) is 0 Å². The van der Waals surface area contributed by atoms with E-state index in [1.165, 1.54) is 6.92 Å². The van der Waals surface area contributed by atoms with Gasteiger partial charge in [-0.15, -0.1) is 0 Å². The average molecular weight is 430 g/mol. The van der Waals surface area contributed by atoms with Crippen LogP contribution in [0.1, 0.15) is 71.6 Å². The maximum atomic E-state index is 13.1. The van der Waals surface area contributed by atoms with Crippen molar-refractivity contribution >= 4 is 17.9 Å². The summed E-state index contributed by atoms with van der Waals surface area (Å²) < 4.78 is 5.20. The Kier molecular flexibility index (Phi) is 10.1. The molecule has 0 aromatic heterocycles. The summed E-state index contributed by atoms with van der Waals surface area (Å²) >= 11 is 0. The van der Waals surface area contributed by atoms with Gasteiger partial charge < -0.3 is 15.4 Å². The minimum Gasteiger partial charge on any atom is -0.444 e. The first-order valence-corrected chi connectivity index (χ1v) is 10.7. The molecule has 0 heterocycles. The molecule has 1 aromatic carbocycles. The Morgan fingerprint density at radius 2 is 1.77 bits per heavy atom. The van der Waals surface area contributed by atoms with Crippen LogP contribution in [0.15, 0.2) is 24.3 Å². The summed E-state index contributed by atoms with van der Waals surface area (Å²) in [5.74, 6) is -0.947. The Morgan fingerprint density at radius 3 is 2.26 bits per heavy atom. The maximum Gasteiger partial charge on any atom is 0.408 e. The Bertz CT molecular complexity index is 791. The number of amides is 3. The fourth-order valence-electron chi connectivity index (χ4n) is 2.86. The number of unbranched alkanes of at least 4 members (excludes halogenated alkanes) is 1. The third kappa shape index (κ3) is 8.33. The van der Waals surface area contributed by atoms with Crippen molar-refractivity contribution < 1.29 is 19.1 Å². The predicted octanol–water partition coefficient (Wildman–Crippen LogP) is 3.54. The number of hydrogen-bond donors (Lipinski definition) is 2. The fourth-order valence-corrected chi connectivity index (χ4v) is 2.86. The van der Waals surface area contributed by atoms with E-state index in [0.29, 0.717) is 12.1 Å². The lowest BCUT2D eigenvalue weighted by Crippen LogP contribution is -2.50. The highest BCUT2D eigenvalue weighted by Gasteiger charge is 2.34. The lowest BCUT2D eigenvalue weighted by atomic mass is 10.0. The van der Waals surface area contributed by atoms with Crippen molar-refractivity contribution in [3.8, 4) is 12.5 Å². The molecule has 1 aromatic rings. The molecule has 2 atom stereocenters. The third-order valence-corrected chi connectivity index (χ3v) is 4.52. The molecule has 31 heavy (non-hydrogen) atoms. The van der Waals surface area contributed by atoms with Gasteiger partial charge in [-0.05, 0) is 51.7 Å². The average Bonchev–Trinajstić information content (AvgIpc) is 2.70. The molecular formula is C24H35N3O4. The molecule has 3 amide bonds. The molecule has 2 unspecified atom stereocenters. The predicted molar refractivity (Wildman–Crippen MR) is 121 cm³/mol. The van der Waals surface area contributed by atoms with Crippen molar-refractivity contribution in [2.75, 3.05) is 6.54 Å². The molecule has 0 saturated carbocycles. The summed E-state index contributed by atoms with van der Waals surface area (Å²) in [5, 5.41) is 5.34. The van der Waals surface area contributed by atoms with Crippen LogP contribution in [-0.4, -0.2) is 41.0 Å². The molecule has 7 heteroatoms. The Balaban J connectivity index is 3.13. The maximum absolute atomic E-state index is 13.1. The highest BCUT2D eigenvalue weighted by atomic mass is 16.6. The molecule has 0 aliphatic heterocycles. The van der Waals surface area contributed by atoms with Crippen LogP contribution in [0, 0.1) is 12.5 Å². The summed E-state index contributed by atoms with van der Waals surface area (Å²) in [6, 6.07) is 7.75. The van der Waals surface area contributed by atoms with Crippen LogP contribution in [0.5, 0.6) is 0 Å². The second kappa shape index (κ2) is 12.0. The monoisotopic (exact) mass is 429 g/mol. The molecule has 1 rings (SSSR count). The van der Waals surface area contributed by atoms with E-state index in [1.807, 2.05) is 26.0 Å². The highest BCUT2D eigenvalue weighted by molar-refractivity contribution is 5.93. The van der Waals surface area contributed by atoms with Crippen LogP contribution < -0.4 is 10.6 Å². The van der Waals surface area contributed by atoms with Crippen LogP contribution in [0.25, 0.3) is 0 Å². The number of rotatable bonds is 9. The summed E-state index contributed by atoms with van der Waals surface area (Å²) in [6.07, 6.45) is 7.51. The van der Waals surface area contributed by atoms with Gasteiger partial charge in [0.15, 0.2) is 0 Å². The smallest absolute Gasteiger partial charge is 0.408 e. The Labute approximate surface area is 185 Å². The normalized spacial score (nSPS) is 12.8. The molecule has 0 spiro atoms. The largest absolute Gasteiger partial charge is 0.444 e. The second-order valence-electron chi connectivity index (χ2n) is 8.35.